The van der Waals surface area contributed by atoms with Crippen molar-refractivity contribution in [3.8, 4) is 0 Å². The molecule has 20 heavy (non-hydrogen) atoms. The first-order valence-corrected chi connectivity index (χ1v) is 5.51. The summed E-state index contributed by atoms with van der Waals surface area (Å²) in [6.07, 6.45) is 0. The number of nitrogens with two attached hydrogens (primary N) is 1. The SMILES string of the molecule is Cc1cc(NC(=O)c2cc(NN)ccc2[N+](=O)[O-])no1. The fourth-order valence-corrected chi connectivity index (χ4v) is 1.58. The minimum Gasteiger partial charge on any atom is -0.360 e. The molecule has 2 rings (SSSR count). The van der Waals surface area contributed by atoms with Gasteiger partial charge in [0.1, 0.15) is 11.3 Å². The first kappa shape index (κ1) is 13.5. The van der Waals surface area contributed by atoms with E-state index in [1.807, 2.05) is 0 Å². The average molecular weight is 277 g/mol. The van der Waals surface area contributed by atoms with E-state index in [2.05, 4.69) is 15.9 Å². The van der Waals surface area contributed by atoms with Crippen molar-refractivity contribution in [2.75, 3.05) is 10.7 Å². The number of hydrogen-bond acceptors (Lipinski definition) is 7. The Bertz CT molecular complexity index is 667. The molecule has 0 aliphatic rings. The number of nitrogen functional groups attached to an aromatic ring is 1. The summed E-state index contributed by atoms with van der Waals surface area (Å²) in [4.78, 5) is 22.3. The van der Waals surface area contributed by atoms with Crippen molar-refractivity contribution in [3.05, 3.63) is 45.7 Å². The first-order valence-electron chi connectivity index (χ1n) is 5.51. The molecule has 9 nitrogen and oxygen atoms in total. The molecule has 1 amide bonds. The van der Waals surface area contributed by atoms with Crippen LogP contribution in [0.15, 0.2) is 28.8 Å². The highest BCUT2D eigenvalue weighted by atomic mass is 16.6. The lowest BCUT2D eigenvalue weighted by atomic mass is 10.1. The van der Waals surface area contributed by atoms with Crippen LogP contribution in [-0.2, 0) is 0 Å². The summed E-state index contributed by atoms with van der Waals surface area (Å²) >= 11 is 0. The summed E-state index contributed by atoms with van der Waals surface area (Å²) in [5.74, 6) is 5.22. The Morgan fingerprint density at radius 1 is 1.45 bits per heavy atom. The van der Waals surface area contributed by atoms with Crippen molar-refractivity contribution < 1.29 is 14.2 Å². The second-order valence-corrected chi connectivity index (χ2v) is 3.91. The Kier molecular flexibility index (Phi) is 3.62. The van der Waals surface area contributed by atoms with Crippen LogP contribution in [-0.4, -0.2) is 16.0 Å². The van der Waals surface area contributed by atoms with Crippen LogP contribution in [0.2, 0.25) is 0 Å². The van der Waals surface area contributed by atoms with Crippen molar-refractivity contribution >= 4 is 23.1 Å². The molecule has 0 saturated heterocycles. The molecule has 0 spiro atoms. The van der Waals surface area contributed by atoms with E-state index in [0.717, 1.165) is 0 Å². The summed E-state index contributed by atoms with van der Waals surface area (Å²) in [5.41, 5.74) is 2.23. The van der Waals surface area contributed by atoms with Crippen molar-refractivity contribution in [1.82, 2.24) is 5.16 Å². The molecular weight excluding hydrogens is 266 g/mol. The maximum atomic E-state index is 12.1. The van der Waals surface area contributed by atoms with Crippen LogP contribution in [0.25, 0.3) is 0 Å². The Hall–Kier alpha value is -2.94. The molecule has 0 unspecified atom stereocenters. The molecule has 0 aliphatic carbocycles. The quantitative estimate of drug-likeness (QED) is 0.436. The van der Waals surface area contributed by atoms with Gasteiger partial charge in [-0.2, -0.15) is 0 Å². The number of nitro groups is 1. The van der Waals surface area contributed by atoms with Gasteiger partial charge in [-0.1, -0.05) is 5.16 Å². The van der Waals surface area contributed by atoms with Crippen LogP contribution in [0.5, 0.6) is 0 Å². The number of carbonyl (C=O) groups is 1. The van der Waals surface area contributed by atoms with Gasteiger partial charge in [-0.3, -0.25) is 20.8 Å². The highest BCUT2D eigenvalue weighted by Gasteiger charge is 2.21. The second-order valence-electron chi connectivity index (χ2n) is 3.91. The minimum atomic E-state index is -0.679. The van der Waals surface area contributed by atoms with Crippen molar-refractivity contribution in [1.29, 1.82) is 0 Å². The Morgan fingerprint density at radius 2 is 2.20 bits per heavy atom. The van der Waals surface area contributed by atoms with Gasteiger partial charge in [0, 0.05) is 17.8 Å². The third-order valence-corrected chi connectivity index (χ3v) is 2.47. The Morgan fingerprint density at radius 3 is 2.75 bits per heavy atom. The lowest BCUT2D eigenvalue weighted by Crippen LogP contribution is -2.15. The number of amides is 1. The van der Waals surface area contributed by atoms with Gasteiger partial charge in [0.05, 0.1) is 4.92 Å². The third-order valence-electron chi connectivity index (χ3n) is 2.47. The number of nitrogens with zero attached hydrogens (tertiary/aromatic N) is 2. The van der Waals surface area contributed by atoms with Gasteiger partial charge in [0.25, 0.3) is 11.6 Å². The van der Waals surface area contributed by atoms with E-state index < -0.39 is 10.8 Å². The van der Waals surface area contributed by atoms with E-state index in [1.165, 1.54) is 24.3 Å². The minimum absolute atomic E-state index is 0.133. The lowest BCUT2D eigenvalue weighted by molar-refractivity contribution is -0.385. The zero-order chi connectivity index (χ0) is 14.7. The van der Waals surface area contributed by atoms with E-state index in [9.17, 15) is 14.9 Å². The summed E-state index contributed by atoms with van der Waals surface area (Å²) in [6.45, 7) is 1.66. The molecule has 0 bridgehead atoms. The van der Waals surface area contributed by atoms with Crippen LogP contribution in [0.4, 0.5) is 17.2 Å². The number of benzene rings is 1. The van der Waals surface area contributed by atoms with E-state index >= 15 is 0 Å². The summed E-state index contributed by atoms with van der Waals surface area (Å²) in [5, 5.41) is 16.9. The molecule has 4 N–H and O–H groups in total. The van der Waals surface area contributed by atoms with Crippen LogP contribution in [0, 0.1) is 17.0 Å². The van der Waals surface area contributed by atoms with Crippen LogP contribution in [0.1, 0.15) is 16.1 Å². The molecule has 0 aliphatic heterocycles. The zero-order valence-corrected chi connectivity index (χ0v) is 10.4. The molecular formula is C11H11N5O4. The molecule has 104 valence electrons. The van der Waals surface area contributed by atoms with Gasteiger partial charge in [0.15, 0.2) is 5.82 Å². The first-order chi connectivity index (χ1) is 9.51. The predicted octanol–water partition coefficient (Wildman–Crippen LogP) is 1.43. The summed E-state index contributed by atoms with van der Waals surface area (Å²) < 4.78 is 4.79. The van der Waals surface area contributed by atoms with E-state index in [1.54, 1.807) is 6.92 Å². The molecule has 1 aromatic heterocycles. The average Bonchev–Trinajstić information content (AvgIpc) is 2.83. The van der Waals surface area contributed by atoms with Gasteiger partial charge in [0.2, 0.25) is 0 Å². The largest absolute Gasteiger partial charge is 0.360 e. The van der Waals surface area contributed by atoms with E-state index in [-0.39, 0.29) is 17.1 Å². The summed E-state index contributed by atoms with van der Waals surface area (Å²) in [7, 11) is 0. The van der Waals surface area contributed by atoms with Gasteiger partial charge in [-0.15, -0.1) is 0 Å². The number of hydrogen-bond donors (Lipinski definition) is 3. The number of aromatic nitrogens is 1. The standard InChI is InChI=1S/C11H11N5O4/c1-6-4-10(15-20-6)13-11(17)8-5-7(14-12)2-3-9(8)16(18)19/h2-5,14H,12H2,1H3,(H,13,15,17). The number of anilines is 2. The molecule has 0 atom stereocenters. The number of hydrazine groups is 1. The van der Waals surface area contributed by atoms with Gasteiger partial charge >= 0.3 is 0 Å². The van der Waals surface area contributed by atoms with E-state index in [0.29, 0.717) is 11.4 Å². The van der Waals surface area contributed by atoms with Crippen molar-refractivity contribution in [2.45, 2.75) is 6.92 Å². The maximum absolute atomic E-state index is 12.1. The molecule has 0 saturated carbocycles. The highest BCUT2D eigenvalue weighted by Crippen LogP contribution is 2.23. The number of carbonyl (C=O) groups excluding carboxylic acids is 1. The van der Waals surface area contributed by atoms with Crippen molar-refractivity contribution in [3.63, 3.8) is 0 Å². The predicted molar refractivity (Wildman–Crippen MR) is 70.1 cm³/mol. The second kappa shape index (κ2) is 5.36. The number of nitro benzene ring substituents is 1. The van der Waals surface area contributed by atoms with Crippen LogP contribution < -0.4 is 16.6 Å². The van der Waals surface area contributed by atoms with Gasteiger partial charge in [-0.25, -0.2) is 0 Å². The molecule has 9 heteroatoms. The zero-order valence-electron chi connectivity index (χ0n) is 10.4. The van der Waals surface area contributed by atoms with Gasteiger partial charge < -0.3 is 15.3 Å². The normalized spacial score (nSPS) is 10.1. The Labute approximate surface area is 112 Å². The fourth-order valence-electron chi connectivity index (χ4n) is 1.58. The monoisotopic (exact) mass is 277 g/mol. The molecule has 0 radical (unpaired) electrons. The third kappa shape index (κ3) is 2.72. The smallest absolute Gasteiger partial charge is 0.282 e. The molecule has 1 aromatic carbocycles. The topological polar surface area (TPSA) is 136 Å². The number of rotatable bonds is 4. The number of nitrogens with one attached hydrogen (secondary N) is 2. The van der Waals surface area contributed by atoms with Crippen LogP contribution in [0.3, 0.4) is 0 Å². The summed E-state index contributed by atoms with van der Waals surface area (Å²) in [6, 6.07) is 5.36. The fraction of sp³-hybridized carbons (Fsp3) is 0.0909. The van der Waals surface area contributed by atoms with Crippen molar-refractivity contribution in [2.24, 2.45) is 5.84 Å². The Balaban J connectivity index is 2.34. The highest BCUT2D eigenvalue weighted by molar-refractivity contribution is 6.07. The maximum Gasteiger partial charge on any atom is 0.282 e. The van der Waals surface area contributed by atoms with E-state index in [4.69, 9.17) is 10.4 Å². The molecule has 1 heterocycles. The molecule has 2 aromatic rings. The lowest BCUT2D eigenvalue weighted by Gasteiger charge is -2.05. The molecule has 0 fully saturated rings. The number of aryl methyl sites for hydroxylation is 1. The van der Waals surface area contributed by atoms with Crippen LogP contribution >= 0.6 is 0 Å². The van der Waals surface area contributed by atoms with Gasteiger partial charge in [-0.05, 0) is 19.1 Å².